The van der Waals surface area contributed by atoms with E-state index in [1.807, 2.05) is 39.1 Å². The highest BCUT2D eigenvalue weighted by molar-refractivity contribution is 7.99. The Morgan fingerprint density at radius 3 is 2.59 bits per heavy atom. The first kappa shape index (κ1) is 20.9. The minimum Gasteiger partial charge on any atom is -0.342 e. The first-order chi connectivity index (χ1) is 14.0. The van der Waals surface area contributed by atoms with Crippen LogP contribution in [0.5, 0.6) is 0 Å². The van der Waals surface area contributed by atoms with Gasteiger partial charge < -0.3 is 9.88 Å². The maximum atomic E-state index is 12.6. The van der Waals surface area contributed by atoms with Crippen LogP contribution in [-0.2, 0) is 11.8 Å². The average molecular weight is 432 g/mol. The Hall–Kier alpha value is -2.79. The van der Waals surface area contributed by atoms with Crippen molar-refractivity contribution in [1.29, 1.82) is 0 Å². The predicted octanol–water partition coefficient (Wildman–Crippen LogP) is 2.52. The SMILES string of the molecule is CC(C)C(NC(=O)c1ccccc1)c1nnc(SCC(=O)Nc2nncs2)n1C. The van der Waals surface area contributed by atoms with Gasteiger partial charge in [0.25, 0.3) is 5.91 Å². The summed E-state index contributed by atoms with van der Waals surface area (Å²) in [5.74, 6) is 0.529. The third-order valence-electron chi connectivity index (χ3n) is 4.07. The number of carbonyl (C=O) groups excluding carboxylic acids is 2. The molecule has 2 amide bonds. The van der Waals surface area contributed by atoms with Crippen LogP contribution in [0.1, 0.15) is 36.1 Å². The van der Waals surface area contributed by atoms with Crippen molar-refractivity contribution < 1.29 is 9.59 Å². The number of anilines is 1. The van der Waals surface area contributed by atoms with E-state index < -0.39 is 0 Å². The molecule has 0 bridgehead atoms. The predicted molar refractivity (Wildman–Crippen MR) is 112 cm³/mol. The van der Waals surface area contributed by atoms with Crippen LogP contribution in [0, 0.1) is 5.92 Å². The van der Waals surface area contributed by atoms with Crippen LogP contribution in [0.4, 0.5) is 5.13 Å². The molecule has 1 unspecified atom stereocenters. The summed E-state index contributed by atoms with van der Waals surface area (Å²) >= 11 is 2.52. The lowest BCUT2D eigenvalue weighted by Gasteiger charge is -2.21. The Bertz CT molecular complexity index is 958. The zero-order chi connectivity index (χ0) is 20.8. The monoisotopic (exact) mass is 431 g/mol. The van der Waals surface area contributed by atoms with Crippen molar-refractivity contribution in [2.75, 3.05) is 11.1 Å². The number of carbonyl (C=O) groups is 2. The molecule has 2 aromatic heterocycles. The minimum atomic E-state index is -0.315. The summed E-state index contributed by atoms with van der Waals surface area (Å²) in [6, 6.07) is 8.73. The van der Waals surface area contributed by atoms with Crippen LogP contribution in [-0.4, -0.2) is 42.5 Å². The molecule has 0 radical (unpaired) electrons. The Morgan fingerprint density at radius 1 is 1.17 bits per heavy atom. The number of nitrogens with zero attached hydrogens (tertiary/aromatic N) is 5. The van der Waals surface area contributed by atoms with Gasteiger partial charge in [-0.25, -0.2) is 0 Å². The van der Waals surface area contributed by atoms with Crippen molar-refractivity contribution >= 4 is 40.0 Å². The molecule has 1 aromatic carbocycles. The highest BCUT2D eigenvalue weighted by Gasteiger charge is 2.25. The fraction of sp³-hybridized carbons (Fsp3) is 0.333. The van der Waals surface area contributed by atoms with Crippen LogP contribution in [0.15, 0.2) is 41.0 Å². The molecule has 0 aliphatic rings. The highest BCUT2D eigenvalue weighted by atomic mass is 32.2. The zero-order valence-corrected chi connectivity index (χ0v) is 17.8. The summed E-state index contributed by atoms with van der Waals surface area (Å²) in [6.45, 7) is 4.01. The minimum absolute atomic E-state index is 0.101. The van der Waals surface area contributed by atoms with Crippen molar-refractivity contribution in [1.82, 2.24) is 30.3 Å². The summed E-state index contributed by atoms with van der Waals surface area (Å²) in [5, 5.41) is 22.7. The smallest absolute Gasteiger partial charge is 0.251 e. The number of hydrogen-bond donors (Lipinski definition) is 2. The molecule has 29 heavy (non-hydrogen) atoms. The number of benzene rings is 1. The summed E-state index contributed by atoms with van der Waals surface area (Å²) in [6.07, 6.45) is 0. The van der Waals surface area contributed by atoms with E-state index in [4.69, 9.17) is 0 Å². The van der Waals surface area contributed by atoms with Crippen molar-refractivity contribution in [3.63, 3.8) is 0 Å². The molecule has 0 fully saturated rings. The summed E-state index contributed by atoms with van der Waals surface area (Å²) in [7, 11) is 1.82. The molecule has 2 N–H and O–H groups in total. The van der Waals surface area contributed by atoms with E-state index in [-0.39, 0.29) is 29.5 Å². The van der Waals surface area contributed by atoms with E-state index in [1.165, 1.54) is 23.1 Å². The van der Waals surface area contributed by atoms with Gasteiger partial charge in [-0.1, -0.05) is 55.1 Å². The molecule has 0 aliphatic carbocycles. The number of amides is 2. The van der Waals surface area contributed by atoms with E-state index in [9.17, 15) is 9.59 Å². The molecule has 2 heterocycles. The fourth-order valence-electron chi connectivity index (χ4n) is 2.58. The van der Waals surface area contributed by atoms with Crippen LogP contribution in [0.25, 0.3) is 0 Å². The molecular formula is C18H21N7O2S2. The second-order valence-corrected chi connectivity index (χ2v) is 8.32. The molecule has 11 heteroatoms. The number of nitrogens with one attached hydrogen (secondary N) is 2. The summed E-state index contributed by atoms with van der Waals surface area (Å²) < 4.78 is 1.80. The number of thioether (sulfide) groups is 1. The van der Waals surface area contributed by atoms with E-state index in [1.54, 1.807) is 22.2 Å². The zero-order valence-electron chi connectivity index (χ0n) is 16.2. The van der Waals surface area contributed by atoms with Crippen molar-refractivity contribution in [3.05, 3.63) is 47.2 Å². The van der Waals surface area contributed by atoms with Gasteiger partial charge in [0.05, 0.1) is 11.8 Å². The second-order valence-electron chi connectivity index (χ2n) is 6.54. The van der Waals surface area contributed by atoms with E-state index in [0.29, 0.717) is 21.7 Å². The molecule has 0 saturated heterocycles. The van der Waals surface area contributed by atoms with Crippen LogP contribution >= 0.6 is 23.1 Å². The lowest BCUT2D eigenvalue weighted by atomic mass is 10.0. The van der Waals surface area contributed by atoms with Gasteiger partial charge in [-0.3, -0.25) is 14.9 Å². The largest absolute Gasteiger partial charge is 0.342 e. The van der Waals surface area contributed by atoms with Gasteiger partial charge in [-0.05, 0) is 18.1 Å². The quantitative estimate of drug-likeness (QED) is 0.527. The molecule has 3 aromatic rings. The van der Waals surface area contributed by atoms with Gasteiger partial charge in [0.2, 0.25) is 11.0 Å². The number of rotatable bonds is 8. The van der Waals surface area contributed by atoms with E-state index in [2.05, 4.69) is 31.0 Å². The lowest BCUT2D eigenvalue weighted by Crippen LogP contribution is -2.33. The van der Waals surface area contributed by atoms with Gasteiger partial charge in [0.1, 0.15) is 5.51 Å². The van der Waals surface area contributed by atoms with Crippen molar-refractivity contribution in [2.24, 2.45) is 13.0 Å². The van der Waals surface area contributed by atoms with Gasteiger partial charge in [0.15, 0.2) is 11.0 Å². The fourth-order valence-corrected chi connectivity index (χ4v) is 3.76. The molecule has 152 valence electrons. The van der Waals surface area contributed by atoms with Crippen molar-refractivity contribution in [2.45, 2.75) is 25.0 Å². The number of hydrogen-bond acceptors (Lipinski definition) is 8. The van der Waals surface area contributed by atoms with Crippen molar-refractivity contribution in [3.8, 4) is 0 Å². The molecule has 0 aliphatic heterocycles. The normalized spacial score (nSPS) is 12.0. The summed E-state index contributed by atoms with van der Waals surface area (Å²) in [5.41, 5.74) is 2.14. The van der Waals surface area contributed by atoms with Gasteiger partial charge >= 0.3 is 0 Å². The second kappa shape index (κ2) is 9.61. The maximum absolute atomic E-state index is 12.6. The van der Waals surface area contributed by atoms with E-state index in [0.717, 1.165) is 0 Å². The molecule has 1 atom stereocenters. The van der Waals surface area contributed by atoms with Gasteiger partial charge in [0, 0.05) is 12.6 Å². The third-order valence-corrected chi connectivity index (χ3v) is 5.70. The lowest BCUT2D eigenvalue weighted by molar-refractivity contribution is -0.113. The number of aromatic nitrogens is 5. The molecule has 0 saturated carbocycles. The van der Waals surface area contributed by atoms with Crippen LogP contribution < -0.4 is 10.6 Å². The highest BCUT2D eigenvalue weighted by Crippen LogP contribution is 2.24. The first-order valence-corrected chi connectivity index (χ1v) is 10.8. The summed E-state index contributed by atoms with van der Waals surface area (Å²) in [4.78, 5) is 24.6. The van der Waals surface area contributed by atoms with Crippen LogP contribution in [0.2, 0.25) is 0 Å². The molecular weight excluding hydrogens is 410 g/mol. The average Bonchev–Trinajstić information content (AvgIpc) is 3.34. The molecule has 9 nitrogen and oxygen atoms in total. The molecule has 0 spiro atoms. The Kier molecular flexibility index (Phi) is 6.94. The standard InChI is InChI=1S/C18H21N7O2S2/c1-11(2)14(21-16(27)12-7-5-4-6-8-12)15-22-24-18(25(15)3)28-9-13(26)20-17-23-19-10-29-17/h4-8,10-11,14H,9H2,1-3H3,(H,21,27)(H,20,23,26). The van der Waals surface area contributed by atoms with Gasteiger partial charge in [-0.15, -0.1) is 20.4 Å². The van der Waals surface area contributed by atoms with Gasteiger partial charge in [-0.2, -0.15) is 0 Å². The Morgan fingerprint density at radius 2 is 1.93 bits per heavy atom. The first-order valence-electron chi connectivity index (χ1n) is 8.89. The van der Waals surface area contributed by atoms with Crippen LogP contribution in [0.3, 0.4) is 0 Å². The topological polar surface area (TPSA) is 115 Å². The Labute approximate surface area is 176 Å². The molecule has 3 rings (SSSR count). The van der Waals surface area contributed by atoms with E-state index >= 15 is 0 Å². The Balaban J connectivity index is 1.66. The third kappa shape index (κ3) is 5.39. The maximum Gasteiger partial charge on any atom is 0.251 e.